The Kier molecular flexibility index (Phi) is 9.07. The van der Waals surface area contributed by atoms with Crippen LogP contribution in [0.1, 0.15) is 33.4 Å². The summed E-state index contributed by atoms with van der Waals surface area (Å²) in [6.45, 7) is 0. The minimum absolute atomic E-state index is 0.548. The first kappa shape index (κ1) is 45.0. The summed E-state index contributed by atoms with van der Waals surface area (Å²) in [4.78, 5) is 13.5. The van der Waals surface area contributed by atoms with Crippen molar-refractivity contribution in [3.8, 4) is 46.3 Å². The summed E-state index contributed by atoms with van der Waals surface area (Å²) in [5.41, 5.74) is 18.5. The maximum atomic E-state index is 10.2. The van der Waals surface area contributed by atoms with E-state index in [2.05, 4.69) is 225 Å². The summed E-state index contributed by atoms with van der Waals surface area (Å²) in [5.74, 6) is 0. The summed E-state index contributed by atoms with van der Waals surface area (Å²) in [6, 6.07) is 87.3. The third kappa shape index (κ3) is 5.78. The predicted octanol–water partition coefficient (Wildman–Crippen LogP) is 17.4. The van der Waals surface area contributed by atoms with E-state index in [0.29, 0.717) is 11.1 Å². The molecular formula is C73H40N8S. The van der Waals surface area contributed by atoms with Crippen LogP contribution in [0.2, 0.25) is 0 Å². The lowest BCUT2D eigenvalue weighted by Crippen LogP contribution is -2.33. The molecule has 18 rings (SSSR count). The molecule has 0 N–H and O–H groups in total. The van der Waals surface area contributed by atoms with Crippen LogP contribution in [0.3, 0.4) is 0 Å². The van der Waals surface area contributed by atoms with Crippen LogP contribution in [0.25, 0.3) is 121 Å². The molecule has 0 radical (unpaired) electrons. The summed E-state index contributed by atoms with van der Waals surface area (Å²) in [5, 5.41) is 29.3. The van der Waals surface area contributed by atoms with Gasteiger partial charge in [-0.3, -0.25) is 9.97 Å². The Bertz CT molecular complexity index is 5230. The molecule has 1 aliphatic carbocycles. The molecule has 0 atom stereocenters. The number of hydrogen-bond acceptors (Lipinski definition) is 5. The Morgan fingerprint density at radius 2 is 0.646 bits per heavy atom. The lowest BCUT2D eigenvalue weighted by Gasteiger charge is -2.41. The van der Waals surface area contributed by atoms with Gasteiger partial charge in [-0.25, -0.2) is 0 Å². The zero-order valence-corrected chi connectivity index (χ0v) is 44.4. The van der Waals surface area contributed by atoms with Crippen molar-refractivity contribution in [2.75, 3.05) is 0 Å². The molecule has 0 saturated carbocycles. The van der Waals surface area contributed by atoms with E-state index in [1.807, 2.05) is 60.6 Å². The highest BCUT2D eigenvalue weighted by atomic mass is 32.2. The van der Waals surface area contributed by atoms with Crippen LogP contribution in [0.5, 0.6) is 0 Å². The largest absolute Gasteiger partial charge is 0.308 e. The fraction of sp³-hybridized carbons (Fsp3) is 0.0137. The normalized spacial score (nSPS) is 13.1. The molecule has 0 unspecified atom stereocenters. The molecule has 1 aliphatic heterocycles. The van der Waals surface area contributed by atoms with Gasteiger partial charge < -0.3 is 18.3 Å². The molecule has 9 heteroatoms. The van der Waals surface area contributed by atoms with Gasteiger partial charge in [0.05, 0.1) is 119 Å². The fourth-order valence-electron chi connectivity index (χ4n) is 14.3. The maximum absolute atomic E-state index is 10.2. The smallest absolute Gasteiger partial charge is 0.0991 e. The van der Waals surface area contributed by atoms with Gasteiger partial charge in [-0.2, -0.15) is 10.5 Å². The molecule has 82 heavy (non-hydrogen) atoms. The third-order valence-corrected chi connectivity index (χ3v) is 18.8. The van der Waals surface area contributed by atoms with Crippen LogP contribution < -0.4 is 0 Å². The van der Waals surface area contributed by atoms with Gasteiger partial charge in [0.25, 0.3) is 0 Å². The second kappa shape index (κ2) is 16.5. The van der Waals surface area contributed by atoms with Crippen molar-refractivity contribution in [3.05, 3.63) is 276 Å². The van der Waals surface area contributed by atoms with Gasteiger partial charge in [0.15, 0.2) is 0 Å². The minimum atomic E-state index is -1.02. The average Bonchev–Trinajstić information content (AvgIpc) is 4.48. The van der Waals surface area contributed by atoms with Gasteiger partial charge in [-0.15, -0.1) is 0 Å². The van der Waals surface area contributed by atoms with Gasteiger partial charge in [-0.1, -0.05) is 145 Å². The van der Waals surface area contributed by atoms with E-state index >= 15 is 0 Å². The molecule has 6 aromatic heterocycles. The molecule has 10 aromatic carbocycles. The second-order valence-electron chi connectivity index (χ2n) is 21.5. The van der Waals surface area contributed by atoms with Crippen LogP contribution >= 0.6 is 11.8 Å². The molecule has 8 nitrogen and oxygen atoms in total. The predicted molar refractivity (Wildman–Crippen MR) is 330 cm³/mol. The van der Waals surface area contributed by atoms with Crippen LogP contribution in [0.4, 0.5) is 0 Å². The molecule has 0 fully saturated rings. The van der Waals surface area contributed by atoms with Crippen LogP contribution in [-0.2, 0) is 5.41 Å². The number of para-hydroxylation sites is 6. The zero-order chi connectivity index (χ0) is 53.9. The number of nitriles is 2. The van der Waals surface area contributed by atoms with Crippen molar-refractivity contribution in [3.63, 3.8) is 0 Å². The Balaban J connectivity index is 1.02. The van der Waals surface area contributed by atoms with E-state index in [0.717, 1.165) is 121 Å². The zero-order valence-electron chi connectivity index (χ0n) is 43.6. The summed E-state index contributed by atoms with van der Waals surface area (Å²) < 4.78 is 9.56. The van der Waals surface area contributed by atoms with Crippen LogP contribution in [0.15, 0.2) is 253 Å². The highest BCUT2D eigenvalue weighted by Gasteiger charge is 2.53. The average molecular weight is 1060 g/mol. The van der Waals surface area contributed by atoms with Gasteiger partial charge in [0, 0.05) is 64.0 Å². The minimum Gasteiger partial charge on any atom is -0.308 e. The standard InChI is InChI=1S/C73H40N8S/c74-39-43-31-33-65-53(35-43)54-36-44(40-75)32-34-66(54)79(65)46-38-58-70(77-42-46)69-57(37-45(41-76-69)78-59-23-7-1-15-47(59)48-16-2-8-24-60(48)78)73(58)55-21-13-29-67(80-61-25-9-3-17-49(61)50-18-4-10-26-62(50)80)71(55)82-72-56(73)22-14-30-68(72)81-63-27-11-5-19-51(63)52-20-6-12-28-64(52)81/h1-38,41-42H. The Morgan fingerprint density at radius 3 is 1.00 bits per heavy atom. The van der Waals surface area contributed by atoms with Gasteiger partial charge in [-0.05, 0) is 108 Å². The number of nitrogens with zero attached hydrogens (tertiary/aromatic N) is 8. The van der Waals surface area contributed by atoms with Crippen molar-refractivity contribution in [1.82, 2.24) is 28.2 Å². The Hall–Kier alpha value is -11.0. The number of aromatic nitrogens is 6. The third-order valence-electron chi connectivity index (χ3n) is 17.5. The van der Waals surface area contributed by atoms with Crippen LogP contribution in [0, 0.1) is 22.7 Å². The van der Waals surface area contributed by atoms with Crippen molar-refractivity contribution < 1.29 is 0 Å². The number of fused-ring (bicyclic) bond motifs is 21. The number of pyridine rings is 2. The van der Waals surface area contributed by atoms with Gasteiger partial charge in [0.2, 0.25) is 0 Å². The topological polar surface area (TPSA) is 93.1 Å². The van der Waals surface area contributed by atoms with Crippen molar-refractivity contribution in [2.24, 2.45) is 0 Å². The molecule has 0 amide bonds. The lowest BCUT2D eigenvalue weighted by molar-refractivity contribution is 0.713. The summed E-state index contributed by atoms with van der Waals surface area (Å²) >= 11 is 1.85. The lowest BCUT2D eigenvalue weighted by atomic mass is 9.67. The molecule has 16 aromatic rings. The Morgan fingerprint density at radius 1 is 0.317 bits per heavy atom. The summed E-state index contributed by atoms with van der Waals surface area (Å²) in [6.07, 6.45) is 4.01. The molecule has 7 heterocycles. The first-order valence-electron chi connectivity index (χ1n) is 27.4. The van der Waals surface area contributed by atoms with E-state index in [-0.39, 0.29) is 0 Å². The van der Waals surface area contributed by atoms with E-state index < -0.39 is 5.41 Å². The molecule has 2 aliphatic rings. The highest BCUT2D eigenvalue weighted by Crippen LogP contribution is 2.64. The van der Waals surface area contributed by atoms with Gasteiger partial charge in [0.1, 0.15) is 0 Å². The number of hydrogen-bond donors (Lipinski definition) is 0. The number of rotatable bonds is 4. The second-order valence-corrected chi connectivity index (χ2v) is 22.5. The van der Waals surface area contributed by atoms with E-state index in [4.69, 9.17) is 9.97 Å². The van der Waals surface area contributed by atoms with Crippen molar-refractivity contribution in [1.29, 1.82) is 10.5 Å². The van der Waals surface area contributed by atoms with Crippen molar-refractivity contribution in [2.45, 2.75) is 15.2 Å². The quantitative estimate of drug-likeness (QED) is 0.175. The number of benzene rings is 10. The summed E-state index contributed by atoms with van der Waals surface area (Å²) in [7, 11) is 0. The maximum Gasteiger partial charge on any atom is 0.0991 e. The molecule has 0 bridgehead atoms. The first-order chi connectivity index (χ1) is 40.6. The van der Waals surface area contributed by atoms with Crippen LogP contribution in [-0.4, -0.2) is 28.2 Å². The fourth-order valence-corrected chi connectivity index (χ4v) is 15.7. The SMILES string of the molecule is N#Cc1ccc2c(c1)c1cc(C#N)ccc1n2-c1cnc2c(c1)C1(c3cc(-n4c5ccccc5c5ccccc54)cnc3-2)c2cccc(-n3c4ccccc4c4ccccc43)c2Sc2c(-n3c4ccccc4c4ccccc43)cccc21. The molecule has 1 spiro atoms. The Labute approximate surface area is 472 Å². The van der Waals surface area contributed by atoms with E-state index in [9.17, 15) is 10.5 Å². The first-order valence-corrected chi connectivity index (χ1v) is 28.2. The monoisotopic (exact) mass is 1060 g/mol. The van der Waals surface area contributed by atoms with Gasteiger partial charge >= 0.3 is 0 Å². The van der Waals surface area contributed by atoms with E-state index in [1.165, 1.54) is 32.3 Å². The molecule has 378 valence electrons. The van der Waals surface area contributed by atoms with E-state index in [1.54, 1.807) is 0 Å². The highest BCUT2D eigenvalue weighted by molar-refractivity contribution is 7.99. The molecular weight excluding hydrogens is 1020 g/mol. The van der Waals surface area contributed by atoms with Crippen molar-refractivity contribution >= 4 is 99.0 Å². The molecule has 0 saturated heterocycles.